The minimum atomic E-state index is -0.769. The van der Waals surface area contributed by atoms with E-state index in [1.165, 1.54) is 6.08 Å². The molecular weight excluding hydrogens is 472 g/mol. The van der Waals surface area contributed by atoms with Crippen molar-refractivity contribution in [2.24, 2.45) is 0 Å². The molecule has 1 amide bonds. The Labute approximate surface area is 210 Å². The van der Waals surface area contributed by atoms with E-state index < -0.39 is 17.8 Å². The van der Waals surface area contributed by atoms with E-state index in [0.717, 1.165) is 56.8 Å². The Hall–Kier alpha value is -2.97. The fourth-order valence-electron chi connectivity index (χ4n) is 4.02. The molecule has 2 aliphatic heterocycles. The quantitative estimate of drug-likeness (QED) is 0.305. The van der Waals surface area contributed by atoms with Crippen LogP contribution in [-0.2, 0) is 14.4 Å². The number of hydrogen-bond donors (Lipinski definition) is 3. The van der Waals surface area contributed by atoms with Gasteiger partial charge in [0.25, 0.3) is 5.91 Å². The van der Waals surface area contributed by atoms with Gasteiger partial charge in [-0.25, -0.2) is 4.79 Å². The minimum absolute atomic E-state index is 0.0754. The molecule has 3 rings (SSSR count). The van der Waals surface area contributed by atoms with Gasteiger partial charge in [0.1, 0.15) is 23.2 Å². The Bertz CT molecular complexity index is 1030. The van der Waals surface area contributed by atoms with Gasteiger partial charge >= 0.3 is 5.97 Å². The highest BCUT2D eigenvalue weighted by Crippen LogP contribution is 2.38. The summed E-state index contributed by atoms with van der Waals surface area (Å²) in [4.78, 5) is 32.7. The van der Waals surface area contributed by atoms with Crippen LogP contribution in [0.25, 0.3) is 6.08 Å². The molecule has 1 atom stereocenters. The van der Waals surface area contributed by atoms with Crippen LogP contribution >= 0.6 is 11.6 Å². The number of fused-ring (bicyclic) bond motifs is 1. The summed E-state index contributed by atoms with van der Waals surface area (Å²) in [6, 6.07) is 1.01. The molecule has 0 spiro atoms. The molecular formula is C26H33ClN2O6. The van der Waals surface area contributed by atoms with E-state index in [1.807, 2.05) is 19.1 Å². The van der Waals surface area contributed by atoms with Crippen LogP contribution < -0.4 is 5.48 Å². The molecule has 3 N–H and O–H groups in total. The van der Waals surface area contributed by atoms with E-state index in [1.54, 1.807) is 17.9 Å². The van der Waals surface area contributed by atoms with Gasteiger partial charge in [-0.1, -0.05) is 29.3 Å². The van der Waals surface area contributed by atoms with Crippen molar-refractivity contribution >= 4 is 29.6 Å². The summed E-state index contributed by atoms with van der Waals surface area (Å²) in [5.41, 5.74) is 4.08. The second-order valence-electron chi connectivity index (χ2n) is 8.90. The number of carbonyl (C=O) groups excluding carboxylic acids is 2. The van der Waals surface area contributed by atoms with Crippen molar-refractivity contribution in [1.29, 1.82) is 0 Å². The van der Waals surface area contributed by atoms with Gasteiger partial charge in [-0.15, -0.1) is 0 Å². The van der Waals surface area contributed by atoms with Crippen molar-refractivity contribution in [3.8, 4) is 11.5 Å². The maximum Gasteiger partial charge on any atom is 0.342 e. The number of nitrogens with one attached hydrogen (secondary N) is 1. The average molecular weight is 505 g/mol. The second kappa shape index (κ2) is 12.7. The minimum Gasteiger partial charge on any atom is -0.507 e. The number of cyclic esters (lactones) is 1. The topological polar surface area (TPSA) is 108 Å². The Morgan fingerprint density at radius 2 is 1.94 bits per heavy atom. The van der Waals surface area contributed by atoms with Crippen LogP contribution in [0.2, 0.25) is 5.02 Å². The summed E-state index contributed by atoms with van der Waals surface area (Å²) in [7, 11) is 0. The van der Waals surface area contributed by atoms with Gasteiger partial charge in [-0.2, -0.15) is 0 Å². The SMILES string of the molecule is C/C1=C\C(NOCC(=O)N2CCCCC2)=C\c2c(Cl)c(O)cc(O)c2C(=O)O[C@H](C)CC=CCC1. The summed E-state index contributed by atoms with van der Waals surface area (Å²) < 4.78 is 5.50. The molecule has 1 aromatic carbocycles. The summed E-state index contributed by atoms with van der Waals surface area (Å²) in [6.45, 7) is 4.98. The summed E-state index contributed by atoms with van der Waals surface area (Å²) in [6.07, 6.45) is 12.0. The number of likely N-dealkylation sites (tertiary alicyclic amines) is 1. The molecule has 190 valence electrons. The second-order valence-corrected chi connectivity index (χ2v) is 9.28. The highest BCUT2D eigenvalue weighted by atomic mass is 35.5. The lowest BCUT2D eigenvalue weighted by Gasteiger charge is -2.26. The van der Waals surface area contributed by atoms with E-state index in [2.05, 4.69) is 5.48 Å². The number of hydrogen-bond acceptors (Lipinski definition) is 7. The fourth-order valence-corrected chi connectivity index (χ4v) is 4.22. The number of phenols is 2. The normalized spacial score (nSPS) is 22.7. The van der Waals surface area contributed by atoms with E-state index in [0.29, 0.717) is 12.1 Å². The van der Waals surface area contributed by atoms with E-state index >= 15 is 0 Å². The Morgan fingerprint density at radius 3 is 2.69 bits per heavy atom. The number of phenolic OH excluding ortho intramolecular Hbond substituents is 2. The van der Waals surface area contributed by atoms with Crippen LogP contribution in [0.4, 0.5) is 0 Å². The number of amides is 1. The molecule has 1 fully saturated rings. The maximum atomic E-state index is 12.9. The number of nitrogens with zero attached hydrogens (tertiary/aromatic N) is 1. The number of esters is 1. The number of hydroxylamine groups is 1. The van der Waals surface area contributed by atoms with Gasteiger partial charge in [0.15, 0.2) is 6.61 Å². The molecule has 0 radical (unpaired) electrons. The zero-order chi connectivity index (χ0) is 25.4. The monoisotopic (exact) mass is 504 g/mol. The first-order chi connectivity index (χ1) is 16.8. The molecule has 2 aliphatic rings. The van der Waals surface area contributed by atoms with Crippen molar-refractivity contribution in [3.05, 3.63) is 51.7 Å². The number of carbonyl (C=O) groups is 2. The number of ether oxygens (including phenoxy) is 1. The summed E-state index contributed by atoms with van der Waals surface area (Å²) in [5, 5.41) is 20.6. The first kappa shape index (κ1) is 26.6. The fraction of sp³-hybridized carbons (Fsp3) is 0.462. The number of benzene rings is 1. The smallest absolute Gasteiger partial charge is 0.342 e. The highest BCUT2D eigenvalue weighted by molar-refractivity contribution is 6.34. The van der Waals surface area contributed by atoms with Gasteiger partial charge in [0.2, 0.25) is 0 Å². The molecule has 0 saturated carbocycles. The van der Waals surface area contributed by atoms with Crippen molar-refractivity contribution < 1.29 is 29.4 Å². The molecule has 1 aromatic rings. The predicted molar refractivity (Wildman–Crippen MR) is 134 cm³/mol. The predicted octanol–water partition coefficient (Wildman–Crippen LogP) is 4.86. The highest BCUT2D eigenvalue weighted by Gasteiger charge is 2.24. The molecule has 0 bridgehead atoms. The van der Waals surface area contributed by atoms with Crippen LogP contribution in [0.15, 0.2) is 35.6 Å². The zero-order valence-corrected chi connectivity index (χ0v) is 20.9. The first-order valence-corrected chi connectivity index (χ1v) is 12.3. The lowest BCUT2D eigenvalue weighted by Crippen LogP contribution is -2.39. The number of aromatic hydroxyl groups is 2. The molecule has 0 aliphatic carbocycles. The molecule has 0 unspecified atom stereocenters. The van der Waals surface area contributed by atoms with Crippen molar-refractivity contribution in [3.63, 3.8) is 0 Å². The van der Waals surface area contributed by atoms with Gasteiger partial charge < -0.3 is 19.8 Å². The van der Waals surface area contributed by atoms with Crippen LogP contribution in [0, 0.1) is 0 Å². The van der Waals surface area contributed by atoms with Gasteiger partial charge in [-0.05, 0) is 58.1 Å². The number of halogens is 1. The molecule has 9 heteroatoms. The average Bonchev–Trinajstić information content (AvgIpc) is 2.81. The number of rotatable bonds is 4. The maximum absolute atomic E-state index is 12.9. The van der Waals surface area contributed by atoms with E-state index in [4.69, 9.17) is 21.2 Å². The summed E-state index contributed by atoms with van der Waals surface area (Å²) in [5.74, 6) is -1.73. The Morgan fingerprint density at radius 1 is 1.20 bits per heavy atom. The molecule has 2 heterocycles. The third-order valence-electron chi connectivity index (χ3n) is 5.91. The van der Waals surface area contributed by atoms with Crippen molar-refractivity contribution in [1.82, 2.24) is 10.4 Å². The molecule has 0 aromatic heterocycles. The third kappa shape index (κ3) is 7.50. The van der Waals surface area contributed by atoms with E-state index in [-0.39, 0.29) is 34.4 Å². The number of allylic oxidation sites excluding steroid dienone is 3. The zero-order valence-electron chi connectivity index (χ0n) is 20.2. The molecule has 35 heavy (non-hydrogen) atoms. The van der Waals surface area contributed by atoms with Crippen molar-refractivity contribution in [2.75, 3.05) is 19.7 Å². The first-order valence-electron chi connectivity index (χ1n) is 11.9. The summed E-state index contributed by atoms with van der Waals surface area (Å²) >= 11 is 6.35. The van der Waals surface area contributed by atoms with Gasteiger partial charge in [0, 0.05) is 31.1 Å². The number of piperidine rings is 1. The van der Waals surface area contributed by atoms with Gasteiger partial charge in [0.05, 0.1) is 10.7 Å². The molecule has 1 saturated heterocycles. The standard InChI is InChI=1S/C26H33ClN2O6/c1-17-9-5-3-6-10-18(2)35-26(33)24-20(25(27)22(31)15-21(24)30)14-19(13-17)28-34-16-23(32)29-11-7-4-8-12-29/h3,6,13-15,18,28,30-31H,4-5,7-12,16H2,1-2H3/b6-3?,17-13+,19-14-/t18-/m1/s1. The third-order valence-corrected chi connectivity index (χ3v) is 6.31. The molecule has 8 nitrogen and oxygen atoms in total. The van der Waals surface area contributed by atoms with Crippen molar-refractivity contribution in [2.45, 2.75) is 58.5 Å². The Balaban J connectivity index is 1.94. The lowest BCUT2D eigenvalue weighted by molar-refractivity contribution is -0.139. The Kier molecular flexibility index (Phi) is 9.63. The lowest BCUT2D eigenvalue weighted by atomic mass is 10.0. The van der Waals surface area contributed by atoms with Gasteiger partial charge in [-0.3, -0.25) is 15.1 Å². The van der Waals surface area contributed by atoms with E-state index in [9.17, 15) is 19.8 Å². The largest absolute Gasteiger partial charge is 0.507 e. The van der Waals surface area contributed by atoms with Crippen LogP contribution in [-0.4, -0.2) is 52.8 Å². The van der Waals surface area contributed by atoms with Crippen LogP contribution in [0.1, 0.15) is 68.3 Å². The van der Waals surface area contributed by atoms with Crippen LogP contribution in [0.3, 0.4) is 0 Å². The van der Waals surface area contributed by atoms with Crippen LogP contribution in [0.5, 0.6) is 11.5 Å².